The standard InChI is InChI=1S/C12H18N4O/c13-15-12(14-11-5-2-1-3-6-11)16-7-4-9-17-10-8-16/h1-3,5-6H,4,7-10,13H2,(H,14,15). The van der Waals surface area contributed by atoms with E-state index in [0.717, 1.165) is 38.4 Å². The zero-order valence-electron chi connectivity index (χ0n) is 9.80. The quantitative estimate of drug-likeness (QED) is 0.327. The van der Waals surface area contributed by atoms with E-state index in [0.29, 0.717) is 5.96 Å². The summed E-state index contributed by atoms with van der Waals surface area (Å²) in [5.74, 6) is 6.24. The summed E-state index contributed by atoms with van der Waals surface area (Å²) in [7, 11) is 0. The van der Waals surface area contributed by atoms with Crippen LogP contribution in [-0.2, 0) is 4.74 Å². The van der Waals surface area contributed by atoms with Crippen molar-refractivity contribution in [1.82, 2.24) is 10.3 Å². The van der Waals surface area contributed by atoms with Gasteiger partial charge in [0.05, 0.1) is 12.3 Å². The van der Waals surface area contributed by atoms with Crippen LogP contribution in [0.3, 0.4) is 0 Å². The Morgan fingerprint density at radius 1 is 1.24 bits per heavy atom. The highest BCUT2D eigenvalue weighted by Gasteiger charge is 2.12. The van der Waals surface area contributed by atoms with Gasteiger partial charge >= 0.3 is 0 Å². The Hall–Kier alpha value is -1.59. The van der Waals surface area contributed by atoms with Gasteiger partial charge in [0.2, 0.25) is 5.96 Å². The molecule has 0 bridgehead atoms. The fraction of sp³-hybridized carbons (Fsp3) is 0.417. The molecule has 0 spiro atoms. The minimum absolute atomic E-state index is 0.696. The van der Waals surface area contributed by atoms with Crippen molar-refractivity contribution in [2.45, 2.75) is 6.42 Å². The minimum atomic E-state index is 0.696. The number of aliphatic imine (C=N–C) groups is 1. The molecule has 0 radical (unpaired) electrons. The molecule has 0 aliphatic carbocycles. The number of nitrogens with two attached hydrogens (primary N) is 1. The average Bonchev–Trinajstić information content (AvgIpc) is 2.66. The van der Waals surface area contributed by atoms with E-state index in [1.165, 1.54) is 0 Å². The van der Waals surface area contributed by atoms with Crippen LogP contribution in [-0.4, -0.2) is 37.2 Å². The van der Waals surface area contributed by atoms with Gasteiger partial charge in [0.15, 0.2) is 0 Å². The third kappa shape index (κ3) is 3.44. The van der Waals surface area contributed by atoms with Gasteiger partial charge in [-0.3, -0.25) is 5.43 Å². The predicted molar refractivity (Wildman–Crippen MR) is 67.9 cm³/mol. The fourth-order valence-electron chi connectivity index (χ4n) is 1.78. The van der Waals surface area contributed by atoms with Crippen LogP contribution in [0.4, 0.5) is 5.69 Å². The molecule has 0 unspecified atom stereocenters. The monoisotopic (exact) mass is 234 g/mol. The Kier molecular flexibility index (Phi) is 4.35. The van der Waals surface area contributed by atoms with Crippen LogP contribution in [0.5, 0.6) is 0 Å². The van der Waals surface area contributed by atoms with Crippen LogP contribution in [0, 0.1) is 0 Å². The van der Waals surface area contributed by atoms with Crippen molar-refractivity contribution in [2.24, 2.45) is 10.8 Å². The third-order valence-electron chi connectivity index (χ3n) is 2.64. The van der Waals surface area contributed by atoms with Gasteiger partial charge < -0.3 is 9.64 Å². The van der Waals surface area contributed by atoms with Gasteiger partial charge in [-0.05, 0) is 18.6 Å². The van der Waals surface area contributed by atoms with Crippen molar-refractivity contribution in [2.75, 3.05) is 26.3 Å². The molecule has 0 amide bonds. The SMILES string of the molecule is NNC(=Nc1ccccc1)N1CCCOCC1. The third-order valence-corrected chi connectivity index (χ3v) is 2.64. The molecule has 1 fully saturated rings. The molecule has 1 aliphatic heterocycles. The first-order chi connectivity index (χ1) is 8.40. The number of hydrazine groups is 1. The van der Waals surface area contributed by atoms with E-state index in [9.17, 15) is 0 Å². The zero-order valence-corrected chi connectivity index (χ0v) is 9.80. The molecular weight excluding hydrogens is 216 g/mol. The van der Waals surface area contributed by atoms with Crippen LogP contribution in [0.25, 0.3) is 0 Å². The molecular formula is C12H18N4O. The maximum Gasteiger partial charge on any atom is 0.213 e. The molecule has 5 nitrogen and oxygen atoms in total. The summed E-state index contributed by atoms with van der Waals surface area (Å²) in [6, 6.07) is 9.78. The van der Waals surface area contributed by atoms with Crippen molar-refractivity contribution < 1.29 is 4.74 Å². The molecule has 3 N–H and O–H groups in total. The number of para-hydroxylation sites is 1. The first-order valence-corrected chi connectivity index (χ1v) is 5.83. The lowest BCUT2D eigenvalue weighted by Crippen LogP contribution is -2.45. The largest absolute Gasteiger partial charge is 0.380 e. The topological polar surface area (TPSA) is 62.9 Å². The van der Waals surface area contributed by atoms with E-state index in [2.05, 4.69) is 15.3 Å². The summed E-state index contributed by atoms with van der Waals surface area (Å²) >= 11 is 0. The number of rotatable bonds is 1. The highest BCUT2D eigenvalue weighted by Crippen LogP contribution is 2.11. The number of guanidine groups is 1. The van der Waals surface area contributed by atoms with Crippen molar-refractivity contribution in [3.8, 4) is 0 Å². The Morgan fingerprint density at radius 3 is 2.82 bits per heavy atom. The maximum absolute atomic E-state index is 5.54. The molecule has 1 aromatic carbocycles. The molecule has 5 heteroatoms. The van der Waals surface area contributed by atoms with Crippen molar-refractivity contribution in [3.63, 3.8) is 0 Å². The molecule has 1 aliphatic rings. The van der Waals surface area contributed by atoms with Crippen molar-refractivity contribution >= 4 is 11.6 Å². The van der Waals surface area contributed by atoms with Crippen LogP contribution in [0.1, 0.15) is 6.42 Å². The second kappa shape index (κ2) is 6.22. The highest BCUT2D eigenvalue weighted by atomic mass is 16.5. The van der Waals surface area contributed by atoms with Gasteiger partial charge in [0.25, 0.3) is 0 Å². The van der Waals surface area contributed by atoms with E-state index < -0.39 is 0 Å². The molecule has 17 heavy (non-hydrogen) atoms. The Bertz CT molecular complexity index is 358. The van der Waals surface area contributed by atoms with Crippen molar-refractivity contribution in [3.05, 3.63) is 30.3 Å². The van der Waals surface area contributed by atoms with Gasteiger partial charge in [-0.15, -0.1) is 0 Å². The van der Waals surface area contributed by atoms with Crippen LogP contribution in [0.2, 0.25) is 0 Å². The van der Waals surface area contributed by atoms with Crippen molar-refractivity contribution in [1.29, 1.82) is 0 Å². The Morgan fingerprint density at radius 2 is 2.06 bits per heavy atom. The zero-order chi connectivity index (χ0) is 11.9. The van der Waals surface area contributed by atoms with Gasteiger partial charge in [0, 0.05) is 19.7 Å². The van der Waals surface area contributed by atoms with Crippen LogP contribution >= 0.6 is 0 Å². The molecule has 1 heterocycles. The first kappa shape index (κ1) is 11.9. The highest BCUT2D eigenvalue weighted by molar-refractivity contribution is 5.82. The summed E-state index contributed by atoms with van der Waals surface area (Å²) in [6.45, 7) is 3.25. The number of benzene rings is 1. The lowest BCUT2D eigenvalue weighted by molar-refractivity contribution is 0.147. The van der Waals surface area contributed by atoms with Gasteiger partial charge in [-0.1, -0.05) is 18.2 Å². The summed E-state index contributed by atoms with van der Waals surface area (Å²) < 4.78 is 5.40. The molecule has 1 saturated heterocycles. The number of ether oxygens (including phenoxy) is 1. The normalized spacial score (nSPS) is 17.7. The second-order valence-corrected chi connectivity index (χ2v) is 3.87. The maximum atomic E-state index is 5.54. The summed E-state index contributed by atoms with van der Waals surface area (Å²) in [5, 5.41) is 0. The van der Waals surface area contributed by atoms with E-state index in [4.69, 9.17) is 10.6 Å². The Balaban J connectivity index is 2.11. The second-order valence-electron chi connectivity index (χ2n) is 3.87. The number of nitrogens with one attached hydrogen (secondary N) is 1. The summed E-state index contributed by atoms with van der Waals surface area (Å²) in [4.78, 5) is 6.60. The van der Waals surface area contributed by atoms with E-state index in [-0.39, 0.29) is 0 Å². The lowest BCUT2D eigenvalue weighted by Gasteiger charge is -2.22. The predicted octanol–water partition coefficient (Wildman–Crippen LogP) is 0.860. The molecule has 92 valence electrons. The average molecular weight is 234 g/mol. The molecule has 1 aromatic rings. The van der Waals surface area contributed by atoms with Gasteiger partial charge in [0.1, 0.15) is 0 Å². The van der Waals surface area contributed by atoms with Crippen LogP contribution < -0.4 is 11.3 Å². The molecule has 0 saturated carbocycles. The fourth-order valence-corrected chi connectivity index (χ4v) is 1.78. The van der Waals surface area contributed by atoms with Gasteiger partial charge in [-0.2, -0.15) is 0 Å². The molecule has 2 rings (SSSR count). The van der Waals surface area contributed by atoms with Crippen LogP contribution in [0.15, 0.2) is 35.3 Å². The van der Waals surface area contributed by atoms with E-state index in [1.807, 2.05) is 30.3 Å². The van der Waals surface area contributed by atoms with Gasteiger partial charge in [-0.25, -0.2) is 10.8 Å². The van der Waals surface area contributed by atoms with E-state index >= 15 is 0 Å². The summed E-state index contributed by atoms with van der Waals surface area (Å²) in [6.07, 6.45) is 0.996. The molecule has 0 atom stereocenters. The Labute approximate surface area is 101 Å². The number of hydrogen-bond donors (Lipinski definition) is 2. The smallest absolute Gasteiger partial charge is 0.213 e. The minimum Gasteiger partial charge on any atom is -0.380 e. The number of nitrogens with zero attached hydrogens (tertiary/aromatic N) is 2. The first-order valence-electron chi connectivity index (χ1n) is 5.83. The lowest BCUT2D eigenvalue weighted by atomic mass is 10.3. The summed E-state index contributed by atoms with van der Waals surface area (Å²) in [5.41, 5.74) is 3.56. The number of hydrogen-bond acceptors (Lipinski definition) is 3. The van der Waals surface area contributed by atoms with E-state index in [1.54, 1.807) is 0 Å². The molecule has 0 aromatic heterocycles.